The number of anilines is 1. The Morgan fingerprint density at radius 3 is 2.40 bits per heavy atom. The molecule has 13 heteroatoms. The van der Waals surface area contributed by atoms with Crippen molar-refractivity contribution in [1.29, 1.82) is 0 Å². The second-order valence-corrected chi connectivity index (χ2v) is 13.3. The van der Waals surface area contributed by atoms with Crippen LogP contribution in [0.1, 0.15) is 44.7 Å². The highest BCUT2D eigenvalue weighted by Gasteiger charge is 2.31. The molecule has 2 amide bonds. The van der Waals surface area contributed by atoms with Crippen molar-refractivity contribution in [3.63, 3.8) is 0 Å². The molecule has 248 valence electrons. The van der Waals surface area contributed by atoms with Gasteiger partial charge in [-0.25, -0.2) is 14.5 Å². The number of amides is 2. The molecular weight excluding hydrogens is 629 g/mol. The number of carbonyl (C=O) groups excluding carboxylic acids is 1. The maximum absolute atomic E-state index is 12.9. The van der Waals surface area contributed by atoms with Gasteiger partial charge in [0.1, 0.15) is 17.8 Å². The van der Waals surface area contributed by atoms with Gasteiger partial charge in [-0.1, -0.05) is 63.7 Å². The third-order valence-corrected chi connectivity index (χ3v) is 8.52. The molecule has 1 aliphatic heterocycles. The first-order valence-electron chi connectivity index (χ1n) is 15.1. The Bertz CT molecular complexity index is 1720. The summed E-state index contributed by atoms with van der Waals surface area (Å²) in [5, 5.41) is 8.15. The number of halogens is 3. The summed E-state index contributed by atoms with van der Waals surface area (Å²) >= 11 is 1.57. The molecule has 3 aromatic carbocycles. The summed E-state index contributed by atoms with van der Waals surface area (Å²) < 4.78 is 48.2. The number of urea groups is 1. The lowest BCUT2D eigenvalue weighted by Crippen LogP contribution is -2.35. The number of hydrogen-bond acceptors (Lipinski definition) is 6. The molecule has 1 aromatic heterocycles. The number of nitrogens with one attached hydrogen (secondary N) is 1. The topological polar surface area (TPSA) is 93.9 Å². The van der Waals surface area contributed by atoms with Crippen LogP contribution in [-0.4, -0.2) is 58.3 Å². The molecule has 1 fully saturated rings. The number of benzene rings is 3. The normalized spacial score (nSPS) is 14.6. The van der Waals surface area contributed by atoms with Gasteiger partial charge < -0.3 is 19.7 Å². The van der Waals surface area contributed by atoms with E-state index in [2.05, 4.69) is 57.7 Å². The lowest BCUT2D eigenvalue weighted by molar-refractivity contribution is -0.274. The summed E-state index contributed by atoms with van der Waals surface area (Å²) in [4.78, 5) is 23.8. The van der Waals surface area contributed by atoms with Crippen LogP contribution in [0, 0.1) is 5.41 Å². The van der Waals surface area contributed by atoms with Crippen LogP contribution in [0.3, 0.4) is 0 Å². The minimum atomic E-state index is -4.75. The number of nitrogens with zero attached hydrogens (tertiary/aromatic N) is 5. The van der Waals surface area contributed by atoms with Gasteiger partial charge in [0.25, 0.3) is 0 Å². The van der Waals surface area contributed by atoms with Crippen molar-refractivity contribution in [2.75, 3.05) is 30.9 Å². The van der Waals surface area contributed by atoms with Crippen molar-refractivity contribution in [1.82, 2.24) is 20.1 Å². The predicted molar refractivity (Wildman–Crippen MR) is 179 cm³/mol. The summed E-state index contributed by atoms with van der Waals surface area (Å²) in [6.07, 6.45) is -2.54. The van der Waals surface area contributed by atoms with E-state index in [9.17, 15) is 18.0 Å². The number of alkyl halides is 3. The highest BCUT2D eigenvalue weighted by atomic mass is 32.2. The first kappa shape index (κ1) is 33.8. The summed E-state index contributed by atoms with van der Waals surface area (Å²) in [5.74, 6) is 2.10. The smallest absolute Gasteiger partial charge is 0.497 e. The van der Waals surface area contributed by atoms with E-state index in [1.165, 1.54) is 35.3 Å². The van der Waals surface area contributed by atoms with E-state index < -0.39 is 6.36 Å². The van der Waals surface area contributed by atoms with Crippen LogP contribution in [-0.2, 0) is 6.42 Å². The Morgan fingerprint density at radius 2 is 1.74 bits per heavy atom. The largest absolute Gasteiger partial charge is 0.573 e. The van der Waals surface area contributed by atoms with Crippen LogP contribution in [0.25, 0.3) is 17.1 Å². The molecular formula is C34H37F3N6O3S. The highest BCUT2D eigenvalue weighted by molar-refractivity contribution is 8.14. The molecule has 47 heavy (non-hydrogen) atoms. The zero-order valence-corrected chi connectivity index (χ0v) is 27.7. The minimum absolute atomic E-state index is 0.248. The minimum Gasteiger partial charge on any atom is -0.497 e. The van der Waals surface area contributed by atoms with Crippen LogP contribution in [0.2, 0.25) is 0 Å². The van der Waals surface area contributed by atoms with E-state index in [1.54, 1.807) is 18.9 Å². The van der Waals surface area contributed by atoms with Gasteiger partial charge >= 0.3 is 12.4 Å². The third-order valence-electron chi connectivity index (χ3n) is 7.56. The van der Waals surface area contributed by atoms with Crippen molar-refractivity contribution < 1.29 is 27.4 Å². The molecule has 0 atom stereocenters. The van der Waals surface area contributed by atoms with Crippen LogP contribution >= 0.6 is 11.8 Å². The summed E-state index contributed by atoms with van der Waals surface area (Å²) in [7, 11) is 1.66. The van der Waals surface area contributed by atoms with E-state index >= 15 is 0 Å². The van der Waals surface area contributed by atoms with Gasteiger partial charge in [0.05, 0.1) is 12.8 Å². The van der Waals surface area contributed by atoms with E-state index in [4.69, 9.17) is 4.74 Å². The summed E-state index contributed by atoms with van der Waals surface area (Å²) in [5.41, 5.74) is 4.35. The van der Waals surface area contributed by atoms with Gasteiger partial charge in [0.2, 0.25) is 0 Å². The molecule has 1 N–H and O–H groups in total. The van der Waals surface area contributed by atoms with Gasteiger partial charge in [0.15, 0.2) is 11.0 Å². The number of thioether (sulfide) groups is 1. The molecule has 0 aliphatic carbocycles. The Hall–Kier alpha value is -4.52. The molecule has 0 radical (unpaired) electrons. The van der Waals surface area contributed by atoms with E-state index in [-0.39, 0.29) is 23.1 Å². The average Bonchev–Trinajstić information content (AvgIpc) is 3.70. The molecule has 0 saturated carbocycles. The van der Waals surface area contributed by atoms with Gasteiger partial charge in [-0.2, -0.15) is 4.99 Å². The molecule has 4 aromatic rings. The number of amidine groups is 1. The van der Waals surface area contributed by atoms with Gasteiger partial charge in [-0.05, 0) is 71.3 Å². The van der Waals surface area contributed by atoms with Crippen LogP contribution in [0.4, 0.5) is 23.7 Å². The molecule has 0 unspecified atom stereocenters. The number of hydrogen-bond donors (Lipinski definition) is 1. The van der Waals surface area contributed by atoms with Crippen molar-refractivity contribution in [3.8, 4) is 28.6 Å². The highest BCUT2D eigenvalue weighted by Crippen LogP contribution is 2.35. The summed E-state index contributed by atoms with van der Waals surface area (Å²) in [6.45, 7) is 9.66. The number of methoxy groups -OCH3 is 1. The van der Waals surface area contributed by atoms with Crippen molar-refractivity contribution in [2.45, 2.75) is 46.4 Å². The zero-order valence-electron chi connectivity index (χ0n) is 26.8. The average molecular weight is 667 g/mol. The monoisotopic (exact) mass is 666 g/mol. The predicted octanol–water partition coefficient (Wildman–Crippen LogP) is 7.85. The molecule has 2 heterocycles. The fourth-order valence-corrected chi connectivity index (χ4v) is 6.18. The Labute approximate surface area is 276 Å². The van der Waals surface area contributed by atoms with E-state index in [0.717, 1.165) is 40.4 Å². The quantitative estimate of drug-likeness (QED) is 0.184. The Kier molecular flexibility index (Phi) is 10.1. The Balaban J connectivity index is 1.17. The van der Waals surface area contributed by atoms with Gasteiger partial charge in [0, 0.05) is 30.1 Å². The SMILES string of the molecule is COc1ccc(N2CCS/C2=N\C(=O)NCC(C)(C)Cc2ccc(-c3ncn(-c4ccc(OC(F)(F)F)cc4)n3)cc2)c(C(C)C)c1. The lowest BCUT2D eigenvalue weighted by atomic mass is 9.85. The maximum atomic E-state index is 12.9. The molecule has 0 bridgehead atoms. The van der Waals surface area contributed by atoms with Crippen LogP contribution in [0.5, 0.6) is 11.5 Å². The first-order chi connectivity index (χ1) is 22.3. The van der Waals surface area contributed by atoms with Crippen molar-refractivity contribution in [3.05, 3.63) is 84.2 Å². The summed E-state index contributed by atoms with van der Waals surface area (Å²) in [6, 6.07) is 18.9. The van der Waals surface area contributed by atoms with Crippen molar-refractivity contribution >= 4 is 28.6 Å². The number of carbonyl (C=O) groups is 1. The molecule has 1 saturated heterocycles. The zero-order chi connectivity index (χ0) is 33.8. The fourth-order valence-electron chi connectivity index (χ4n) is 5.23. The fraction of sp³-hybridized carbons (Fsp3) is 0.353. The molecule has 1 aliphatic rings. The number of rotatable bonds is 10. The van der Waals surface area contributed by atoms with Gasteiger partial charge in [-0.15, -0.1) is 18.3 Å². The van der Waals surface area contributed by atoms with Crippen LogP contribution in [0.15, 0.2) is 78.0 Å². The third kappa shape index (κ3) is 8.85. The van der Waals surface area contributed by atoms with Crippen molar-refractivity contribution in [2.24, 2.45) is 10.4 Å². The second-order valence-electron chi connectivity index (χ2n) is 12.2. The molecule has 9 nitrogen and oxygen atoms in total. The number of aromatic nitrogens is 3. The van der Waals surface area contributed by atoms with E-state index in [1.807, 2.05) is 42.5 Å². The second kappa shape index (κ2) is 14.1. The standard InChI is InChI=1S/C34H37F3N6O3S/c1-22(2)28-18-27(45-5)14-15-29(28)42-16-17-47-32(42)40-31(44)38-20-33(3,4)19-23-6-8-24(9-7-23)30-39-21-43(41-30)25-10-12-26(13-11-25)46-34(35,36)37/h6-15,18,21-22H,16-17,19-20H2,1-5H3,(H,38,44)/b40-32-. The number of ether oxygens (including phenoxy) is 2. The Morgan fingerprint density at radius 1 is 1.04 bits per heavy atom. The lowest BCUT2D eigenvalue weighted by Gasteiger charge is -2.25. The molecule has 0 spiro atoms. The number of aliphatic imine (C=N–C) groups is 1. The van der Waals surface area contributed by atoms with Gasteiger partial charge in [-0.3, -0.25) is 0 Å². The maximum Gasteiger partial charge on any atom is 0.573 e. The van der Waals surface area contributed by atoms with Crippen LogP contribution < -0.4 is 19.7 Å². The van der Waals surface area contributed by atoms with E-state index in [0.29, 0.717) is 29.6 Å². The first-order valence-corrected chi connectivity index (χ1v) is 16.1. The molecule has 5 rings (SSSR count).